The molecular formula is C29H43NO12. The summed E-state index contributed by atoms with van der Waals surface area (Å²) in [6.45, 7) is 0.667. The molecule has 1 aliphatic carbocycles. The molecule has 2 saturated heterocycles. The van der Waals surface area contributed by atoms with E-state index in [1.165, 1.54) is 13.4 Å². The van der Waals surface area contributed by atoms with Crippen LogP contribution in [0.3, 0.4) is 0 Å². The van der Waals surface area contributed by atoms with E-state index in [-0.39, 0.29) is 18.1 Å². The lowest BCUT2D eigenvalue weighted by atomic mass is 9.80. The molecule has 0 aromatic rings. The molecule has 3 unspecified atom stereocenters. The monoisotopic (exact) mass is 597 g/mol. The van der Waals surface area contributed by atoms with E-state index >= 15 is 0 Å². The number of carboxylic acid groups (broad SMARTS) is 1. The van der Waals surface area contributed by atoms with Gasteiger partial charge in [0.2, 0.25) is 6.29 Å². The second kappa shape index (κ2) is 14.9. The van der Waals surface area contributed by atoms with E-state index in [4.69, 9.17) is 18.9 Å². The third-order valence-electron chi connectivity index (χ3n) is 8.69. The van der Waals surface area contributed by atoms with Gasteiger partial charge in [0.25, 0.3) is 0 Å². The number of allylic oxidation sites excluding steroid dienone is 2. The highest BCUT2D eigenvalue weighted by Crippen LogP contribution is 2.39. The normalized spacial score (nSPS) is 39.0. The Morgan fingerprint density at radius 3 is 2.45 bits per heavy atom. The number of likely N-dealkylation sites (tertiary alicyclic amines) is 1. The van der Waals surface area contributed by atoms with Gasteiger partial charge < -0.3 is 59.3 Å². The van der Waals surface area contributed by atoms with Crippen molar-refractivity contribution in [3.63, 3.8) is 0 Å². The molecule has 4 aliphatic rings. The summed E-state index contributed by atoms with van der Waals surface area (Å²) < 4.78 is 22.5. The highest BCUT2D eigenvalue weighted by molar-refractivity contribution is 5.89. The lowest BCUT2D eigenvalue weighted by molar-refractivity contribution is -0.911. The number of carbonyl (C=O) groups is 2. The Labute approximate surface area is 244 Å². The van der Waals surface area contributed by atoms with Crippen LogP contribution in [-0.4, -0.2) is 114 Å². The Bertz CT molecular complexity index is 1020. The Balaban J connectivity index is 1.65. The molecule has 3 aliphatic heterocycles. The van der Waals surface area contributed by atoms with Crippen molar-refractivity contribution in [2.75, 3.05) is 40.0 Å². The minimum absolute atomic E-state index is 0.0760. The van der Waals surface area contributed by atoms with Crippen LogP contribution in [-0.2, 0) is 28.5 Å². The van der Waals surface area contributed by atoms with Crippen LogP contribution in [0.1, 0.15) is 32.1 Å². The van der Waals surface area contributed by atoms with Crippen LogP contribution < -0.4 is 10.0 Å². The highest BCUT2D eigenvalue weighted by Gasteiger charge is 2.47. The Morgan fingerprint density at radius 1 is 1.07 bits per heavy atom. The van der Waals surface area contributed by atoms with Crippen LogP contribution in [0, 0.1) is 23.7 Å². The summed E-state index contributed by atoms with van der Waals surface area (Å²) in [5.41, 5.74) is 1.36. The number of aliphatic hydroxyl groups excluding tert-OH is 5. The number of quaternary nitrogens is 1. The molecule has 0 aromatic heterocycles. The van der Waals surface area contributed by atoms with Gasteiger partial charge in [-0.05, 0) is 32.1 Å². The number of carbonyl (C=O) groups excluding carboxylic acids is 2. The van der Waals surface area contributed by atoms with Crippen LogP contribution in [0.15, 0.2) is 35.6 Å². The van der Waals surface area contributed by atoms with E-state index in [1.54, 1.807) is 0 Å². The SMILES string of the molecule is COC(=O)C1=CO[C@@H](O[C@H]2O[C@H](CO)[C@@H](O)[C@H](O)[C@H]2O)[C@H](C=C2CCCC2)[C@@H]1C=CC1CC(C(=O)[O-])C[NH+](CCO)C1. The molecule has 236 valence electrons. The van der Waals surface area contributed by atoms with Gasteiger partial charge in [-0.2, -0.15) is 0 Å². The number of hydrogen-bond donors (Lipinski definition) is 6. The van der Waals surface area contributed by atoms with Crippen molar-refractivity contribution in [2.45, 2.75) is 69.1 Å². The number of aliphatic carboxylic acids is 1. The first-order valence-corrected chi connectivity index (χ1v) is 14.6. The van der Waals surface area contributed by atoms with E-state index in [0.717, 1.165) is 36.2 Å². The molecule has 0 aromatic carbocycles. The number of methoxy groups -OCH3 is 1. The first-order chi connectivity index (χ1) is 20.2. The van der Waals surface area contributed by atoms with Gasteiger partial charge in [0.05, 0.1) is 57.1 Å². The number of rotatable bonds is 10. The quantitative estimate of drug-likeness (QED) is 0.109. The van der Waals surface area contributed by atoms with Gasteiger partial charge in [-0.3, -0.25) is 0 Å². The van der Waals surface area contributed by atoms with Crippen molar-refractivity contribution in [1.82, 2.24) is 0 Å². The van der Waals surface area contributed by atoms with E-state index in [1.807, 2.05) is 18.2 Å². The second-order valence-electron chi connectivity index (χ2n) is 11.6. The average Bonchev–Trinajstić information content (AvgIpc) is 3.50. The van der Waals surface area contributed by atoms with Gasteiger partial charge in [0.15, 0.2) is 6.29 Å². The summed E-state index contributed by atoms with van der Waals surface area (Å²) in [4.78, 5) is 25.5. The predicted molar refractivity (Wildman–Crippen MR) is 142 cm³/mol. The summed E-state index contributed by atoms with van der Waals surface area (Å²) in [6, 6.07) is 0. The number of hydrogen-bond acceptors (Lipinski definition) is 12. The van der Waals surface area contributed by atoms with Gasteiger partial charge in [-0.1, -0.05) is 23.8 Å². The van der Waals surface area contributed by atoms with Crippen molar-refractivity contribution in [2.24, 2.45) is 23.7 Å². The standard InChI is InChI=1S/C29H43NO12/c1-39-27(38)21-15-40-28(42-29-25(35)24(34)23(33)22(14-32)41-29)20(11-16-4-2-3-5-16)19(21)7-6-17-10-18(26(36)37)13-30(12-17)8-9-31/h6-7,11,15,17-20,22-25,28-29,31-35H,2-5,8-10,12-14H2,1H3,(H,36,37)/t17?,18?,19-,20+,22+,23+,24-,25+,28-,29+/m0/s1. The number of carboxylic acids is 1. The molecule has 11 atom stereocenters. The topological polar surface area (TPSA) is 200 Å². The first-order valence-electron chi connectivity index (χ1n) is 14.6. The third kappa shape index (κ3) is 7.58. The lowest BCUT2D eigenvalue weighted by Crippen LogP contribution is -3.15. The molecule has 4 rings (SSSR count). The zero-order chi connectivity index (χ0) is 30.4. The molecule has 0 amide bonds. The van der Waals surface area contributed by atoms with Crippen molar-refractivity contribution in [1.29, 1.82) is 0 Å². The fourth-order valence-corrected chi connectivity index (χ4v) is 6.41. The fourth-order valence-electron chi connectivity index (χ4n) is 6.41. The van der Waals surface area contributed by atoms with Crippen molar-refractivity contribution in [3.05, 3.63) is 35.6 Å². The lowest BCUT2D eigenvalue weighted by Gasteiger charge is -2.43. The summed E-state index contributed by atoms with van der Waals surface area (Å²) in [5, 5.41) is 61.8. The number of aliphatic hydroxyl groups is 5. The van der Waals surface area contributed by atoms with E-state index in [0.29, 0.717) is 26.1 Å². The molecule has 0 radical (unpaired) electrons. The molecule has 0 spiro atoms. The zero-order valence-corrected chi connectivity index (χ0v) is 23.7. The molecule has 0 bridgehead atoms. The molecule has 3 fully saturated rings. The Hall–Kier alpha value is -2.36. The maximum atomic E-state index is 12.9. The number of piperidine rings is 1. The number of esters is 1. The molecule has 13 nitrogen and oxygen atoms in total. The van der Waals surface area contributed by atoms with Crippen LogP contribution in [0.2, 0.25) is 0 Å². The molecule has 13 heteroatoms. The molecule has 1 saturated carbocycles. The van der Waals surface area contributed by atoms with E-state index in [2.05, 4.69) is 0 Å². The summed E-state index contributed by atoms with van der Waals surface area (Å²) >= 11 is 0. The Kier molecular flexibility index (Phi) is 11.5. The van der Waals surface area contributed by atoms with E-state index < -0.39 is 73.3 Å². The average molecular weight is 598 g/mol. The van der Waals surface area contributed by atoms with Crippen molar-refractivity contribution < 1.29 is 64.1 Å². The Morgan fingerprint density at radius 2 is 1.81 bits per heavy atom. The summed E-state index contributed by atoms with van der Waals surface area (Å²) in [6.07, 6.45) is 2.44. The highest BCUT2D eigenvalue weighted by atomic mass is 16.8. The molecular weight excluding hydrogens is 554 g/mol. The van der Waals surface area contributed by atoms with E-state index in [9.17, 15) is 40.2 Å². The zero-order valence-electron chi connectivity index (χ0n) is 23.7. The minimum atomic E-state index is -1.64. The van der Waals surface area contributed by atoms with Gasteiger partial charge >= 0.3 is 5.97 Å². The largest absolute Gasteiger partial charge is 0.550 e. The van der Waals surface area contributed by atoms with Gasteiger partial charge in [0, 0.05) is 17.8 Å². The maximum absolute atomic E-state index is 12.9. The van der Waals surface area contributed by atoms with Gasteiger partial charge in [-0.15, -0.1) is 0 Å². The third-order valence-corrected chi connectivity index (χ3v) is 8.69. The minimum Gasteiger partial charge on any atom is -0.550 e. The molecule has 3 heterocycles. The van der Waals surface area contributed by atoms with Crippen molar-refractivity contribution >= 4 is 11.9 Å². The summed E-state index contributed by atoms with van der Waals surface area (Å²) in [7, 11) is 1.26. The predicted octanol–water partition coefficient (Wildman–Crippen LogP) is -3.23. The first kappa shape index (κ1) is 32.6. The van der Waals surface area contributed by atoms with Gasteiger partial charge in [-0.25, -0.2) is 4.79 Å². The fraction of sp³-hybridized carbons (Fsp3) is 0.724. The molecule has 6 N–H and O–H groups in total. The molecule has 42 heavy (non-hydrogen) atoms. The number of nitrogens with one attached hydrogen (secondary N) is 1. The van der Waals surface area contributed by atoms with Gasteiger partial charge in [0.1, 0.15) is 31.0 Å². The summed E-state index contributed by atoms with van der Waals surface area (Å²) in [5.74, 6) is -3.84. The maximum Gasteiger partial charge on any atom is 0.337 e. The smallest absolute Gasteiger partial charge is 0.337 e. The number of ether oxygens (including phenoxy) is 4. The van der Waals surface area contributed by atoms with Crippen LogP contribution in [0.4, 0.5) is 0 Å². The van der Waals surface area contributed by atoms with Crippen molar-refractivity contribution in [3.8, 4) is 0 Å². The second-order valence-corrected chi connectivity index (χ2v) is 11.6. The van der Waals surface area contributed by atoms with Crippen LogP contribution >= 0.6 is 0 Å². The van der Waals surface area contributed by atoms with Crippen LogP contribution in [0.5, 0.6) is 0 Å². The van der Waals surface area contributed by atoms with Crippen LogP contribution in [0.25, 0.3) is 0 Å².